The van der Waals surface area contributed by atoms with Crippen molar-refractivity contribution in [2.24, 2.45) is 11.8 Å². The molecule has 492 valence electrons. The Hall–Kier alpha value is -1.94. The predicted molar refractivity (Wildman–Crippen MR) is 331 cm³/mol. The number of aliphatic hydroxyl groups is 1. The van der Waals surface area contributed by atoms with E-state index in [0.29, 0.717) is 31.6 Å². The number of unbranched alkanes of at least 4 members (excludes halogenated alkanes) is 33. The lowest BCUT2D eigenvalue weighted by Gasteiger charge is -2.21. The second-order valence-electron chi connectivity index (χ2n) is 24.1. The summed E-state index contributed by atoms with van der Waals surface area (Å²) >= 11 is 0. The number of esters is 4. The molecule has 0 spiro atoms. The molecule has 0 fully saturated rings. The first-order valence-electron chi connectivity index (χ1n) is 33.5. The van der Waals surface area contributed by atoms with Gasteiger partial charge < -0.3 is 33.8 Å². The Morgan fingerprint density at radius 1 is 0.325 bits per heavy atom. The van der Waals surface area contributed by atoms with Gasteiger partial charge in [0.15, 0.2) is 12.2 Å². The predicted octanol–water partition coefficient (Wildman–Crippen LogP) is 17.7. The minimum Gasteiger partial charge on any atom is -0.462 e. The number of phosphoric acid groups is 2. The lowest BCUT2D eigenvalue weighted by molar-refractivity contribution is -0.161. The molecule has 0 aliphatic heterocycles. The van der Waals surface area contributed by atoms with E-state index in [9.17, 15) is 43.2 Å². The molecule has 0 radical (unpaired) electrons. The first-order valence-corrected chi connectivity index (χ1v) is 36.5. The Balaban J connectivity index is 5.18. The minimum absolute atomic E-state index is 0.102. The van der Waals surface area contributed by atoms with Crippen molar-refractivity contribution in [2.45, 2.75) is 336 Å². The molecular formula is C64H124O17P2. The third kappa shape index (κ3) is 58.8. The SMILES string of the molecule is CCCCCCCCCCCCCCCCC(=O)OC[C@H](COP(=O)(O)OC[C@@H](O)COP(=O)(O)OC[C@@H](COC(=O)CCCCCCC)OC(=O)CCCCCCCCCC(C)C)OC(=O)CCCCCCCCCCCCCC(C)C. The molecule has 5 atom stereocenters. The molecule has 0 heterocycles. The highest BCUT2D eigenvalue weighted by atomic mass is 31.2. The normalized spacial score (nSPS) is 14.3. The summed E-state index contributed by atoms with van der Waals surface area (Å²) in [7, 11) is -9.88. The summed E-state index contributed by atoms with van der Waals surface area (Å²) in [5.74, 6) is -0.684. The van der Waals surface area contributed by atoms with Gasteiger partial charge in [0, 0.05) is 25.7 Å². The van der Waals surface area contributed by atoms with Crippen molar-refractivity contribution in [1.29, 1.82) is 0 Å². The fourth-order valence-electron chi connectivity index (χ4n) is 9.53. The summed E-state index contributed by atoms with van der Waals surface area (Å²) in [6.45, 7) is 9.35. The van der Waals surface area contributed by atoms with Crippen molar-refractivity contribution in [2.75, 3.05) is 39.6 Å². The molecule has 0 saturated carbocycles. The number of carbonyl (C=O) groups is 4. The van der Waals surface area contributed by atoms with E-state index in [0.717, 1.165) is 102 Å². The summed E-state index contributed by atoms with van der Waals surface area (Å²) in [5, 5.41) is 10.5. The van der Waals surface area contributed by atoms with E-state index in [1.165, 1.54) is 128 Å². The molecule has 83 heavy (non-hydrogen) atoms. The smallest absolute Gasteiger partial charge is 0.462 e. The molecule has 0 aliphatic rings. The second kappa shape index (κ2) is 56.6. The maximum absolute atomic E-state index is 13.0. The molecule has 0 rings (SSSR count). The Morgan fingerprint density at radius 3 is 0.819 bits per heavy atom. The van der Waals surface area contributed by atoms with Gasteiger partial charge >= 0.3 is 39.5 Å². The molecule has 0 aliphatic carbocycles. The van der Waals surface area contributed by atoms with Gasteiger partial charge in [-0.2, -0.15) is 0 Å². The van der Waals surface area contributed by atoms with E-state index in [2.05, 4.69) is 41.5 Å². The van der Waals surface area contributed by atoms with Crippen molar-refractivity contribution < 1.29 is 80.2 Å². The maximum atomic E-state index is 13.0. The molecule has 0 bridgehead atoms. The van der Waals surface area contributed by atoms with Crippen LogP contribution in [0.4, 0.5) is 0 Å². The van der Waals surface area contributed by atoms with E-state index in [4.69, 9.17) is 37.0 Å². The summed E-state index contributed by atoms with van der Waals surface area (Å²) in [6.07, 6.45) is 39.4. The van der Waals surface area contributed by atoms with Gasteiger partial charge in [-0.25, -0.2) is 9.13 Å². The van der Waals surface area contributed by atoms with Crippen LogP contribution >= 0.6 is 15.6 Å². The monoisotopic (exact) mass is 1230 g/mol. The first-order chi connectivity index (χ1) is 39.9. The van der Waals surface area contributed by atoms with Crippen LogP contribution in [0.15, 0.2) is 0 Å². The average molecular weight is 1230 g/mol. The fourth-order valence-corrected chi connectivity index (χ4v) is 11.1. The minimum atomic E-state index is -4.94. The first kappa shape index (κ1) is 81.1. The molecule has 0 amide bonds. The van der Waals surface area contributed by atoms with Crippen LogP contribution in [-0.4, -0.2) is 96.7 Å². The summed E-state index contributed by atoms with van der Waals surface area (Å²) in [5.41, 5.74) is 0. The lowest BCUT2D eigenvalue weighted by Crippen LogP contribution is -2.30. The molecule has 0 saturated heterocycles. The topological polar surface area (TPSA) is 237 Å². The van der Waals surface area contributed by atoms with Gasteiger partial charge in [0.05, 0.1) is 26.4 Å². The standard InChI is InChI=1S/C64H124O17P2/c1-7-9-11-13-14-15-16-17-18-21-24-29-35-41-47-62(67)75-53-60(81-63(68)48-42-36-30-25-22-19-20-23-27-33-38-44-56(3)4)55-79-83(72,73)77-51-58(65)50-76-82(70,71)78-54-59(52-74-61(66)46-40-32-12-10-8-2)80-64(69)49-43-37-31-26-28-34-39-45-57(5)6/h56-60,65H,7-55H2,1-6H3,(H,70,71)(H,72,73)/t58-,59+,60+/m0/s1. The number of carbonyl (C=O) groups excluding carboxylic acids is 4. The van der Waals surface area contributed by atoms with E-state index in [1.54, 1.807) is 0 Å². The number of hydrogen-bond acceptors (Lipinski definition) is 15. The van der Waals surface area contributed by atoms with Crippen LogP contribution < -0.4 is 0 Å². The average Bonchev–Trinajstić information content (AvgIpc) is 3.45. The zero-order valence-electron chi connectivity index (χ0n) is 53.5. The highest BCUT2D eigenvalue weighted by Gasteiger charge is 2.30. The van der Waals surface area contributed by atoms with Crippen molar-refractivity contribution in [3.05, 3.63) is 0 Å². The van der Waals surface area contributed by atoms with Gasteiger partial charge in [0.1, 0.15) is 19.3 Å². The number of rotatable bonds is 63. The molecule has 0 aromatic heterocycles. The van der Waals surface area contributed by atoms with E-state index in [-0.39, 0.29) is 25.7 Å². The molecule has 19 heteroatoms. The Kier molecular flexibility index (Phi) is 55.2. The molecule has 2 unspecified atom stereocenters. The molecule has 0 aromatic rings. The van der Waals surface area contributed by atoms with Crippen LogP contribution in [0.5, 0.6) is 0 Å². The second-order valence-corrected chi connectivity index (χ2v) is 27.0. The van der Waals surface area contributed by atoms with Crippen LogP contribution in [0.2, 0.25) is 0 Å². The highest BCUT2D eigenvalue weighted by molar-refractivity contribution is 7.47. The largest absolute Gasteiger partial charge is 0.472 e. The van der Waals surface area contributed by atoms with E-state index in [1.807, 2.05) is 0 Å². The van der Waals surface area contributed by atoms with Crippen LogP contribution in [-0.2, 0) is 65.4 Å². The number of aliphatic hydroxyl groups excluding tert-OH is 1. The van der Waals surface area contributed by atoms with Gasteiger partial charge in [-0.15, -0.1) is 0 Å². The van der Waals surface area contributed by atoms with Gasteiger partial charge in [-0.05, 0) is 37.5 Å². The number of phosphoric ester groups is 2. The zero-order chi connectivity index (χ0) is 61.5. The third-order valence-electron chi connectivity index (χ3n) is 14.7. The highest BCUT2D eigenvalue weighted by Crippen LogP contribution is 2.45. The van der Waals surface area contributed by atoms with Gasteiger partial charge in [-0.3, -0.25) is 37.3 Å². The van der Waals surface area contributed by atoms with Crippen LogP contribution in [0.3, 0.4) is 0 Å². The zero-order valence-corrected chi connectivity index (χ0v) is 55.3. The van der Waals surface area contributed by atoms with Crippen LogP contribution in [0.25, 0.3) is 0 Å². The van der Waals surface area contributed by atoms with Gasteiger partial charge in [0.2, 0.25) is 0 Å². The van der Waals surface area contributed by atoms with Crippen molar-refractivity contribution >= 4 is 39.5 Å². The van der Waals surface area contributed by atoms with Crippen molar-refractivity contribution in [1.82, 2.24) is 0 Å². The molecule has 0 aromatic carbocycles. The molecule has 17 nitrogen and oxygen atoms in total. The van der Waals surface area contributed by atoms with Crippen molar-refractivity contribution in [3.8, 4) is 0 Å². The van der Waals surface area contributed by atoms with Gasteiger partial charge in [0.25, 0.3) is 0 Å². The summed E-state index contributed by atoms with van der Waals surface area (Å²) in [4.78, 5) is 72.0. The summed E-state index contributed by atoms with van der Waals surface area (Å²) in [6, 6.07) is 0. The van der Waals surface area contributed by atoms with Crippen LogP contribution in [0.1, 0.15) is 318 Å². The molecular weight excluding hydrogens is 1100 g/mol. The molecule has 3 N–H and O–H groups in total. The lowest BCUT2D eigenvalue weighted by atomic mass is 10.0. The summed E-state index contributed by atoms with van der Waals surface area (Å²) < 4.78 is 67.8. The van der Waals surface area contributed by atoms with Crippen molar-refractivity contribution in [3.63, 3.8) is 0 Å². The van der Waals surface area contributed by atoms with Gasteiger partial charge in [-0.1, -0.05) is 266 Å². The van der Waals surface area contributed by atoms with Crippen LogP contribution in [0, 0.1) is 11.8 Å². The fraction of sp³-hybridized carbons (Fsp3) is 0.938. The number of hydrogen-bond donors (Lipinski definition) is 3. The van der Waals surface area contributed by atoms with E-state index < -0.39 is 97.5 Å². The Labute approximate surface area is 505 Å². The number of ether oxygens (including phenoxy) is 4. The quantitative estimate of drug-likeness (QED) is 0.0222. The van der Waals surface area contributed by atoms with E-state index >= 15 is 0 Å². The maximum Gasteiger partial charge on any atom is 0.472 e. The third-order valence-corrected chi connectivity index (χ3v) is 16.6. The Morgan fingerprint density at radius 2 is 0.554 bits per heavy atom. The Bertz CT molecular complexity index is 1630.